The number of hydrogen-bond donors (Lipinski definition) is 1. The SMILES string of the molecule is CCCCOc1cc2c(cc1C)-c1nc(OC)c(C(=O)O)cc1C(C(C)C)C2. The fourth-order valence-corrected chi connectivity index (χ4v) is 3.86. The van der Waals surface area contributed by atoms with Gasteiger partial charge in [-0.2, -0.15) is 0 Å². The van der Waals surface area contributed by atoms with Crippen LogP contribution in [0.2, 0.25) is 0 Å². The number of carbonyl (C=O) groups is 1. The quantitative estimate of drug-likeness (QED) is 0.662. The van der Waals surface area contributed by atoms with Crippen LogP contribution in [0.4, 0.5) is 0 Å². The second-order valence-corrected chi connectivity index (χ2v) is 7.82. The van der Waals surface area contributed by atoms with Gasteiger partial charge >= 0.3 is 5.97 Å². The number of methoxy groups -OCH3 is 1. The van der Waals surface area contributed by atoms with Gasteiger partial charge in [-0.25, -0.2) is 9.78 Å². The van der Waals surface area contributed by atoms with Gasteiger partial charge < -0.3 is 14.6 Å². The number of benzene rings is 1. The topological polar surface area (TPSA) is 68.7 Å². The number of unbranched alkanes of at least 4 members (excludes halogenated alkanes) is 1. The van der Waals surface area contributed by atoms with Crippen molar-refractivity contribution in [1.29, 1.82) is 0 Å². The number of aryl methyl sites for hydroxylation is 1. The number of carboxylic acid groups (broad SMARTS) is 1. The molecule has 0 bridgehead atoms. The van der Waals surface area contributed by atoms with Crippen molar-refractivity contribution in [3.63, 3.8) is 0 Å². The summed E-state index contributed by atoms with van der Waals surface area (Å²) in [5.74, 6) is 0.617. The molecule has 1 N–H and O–H groups in total. The van der Waals surface area contributed by atoms with Gasteiger partial charge in [-0.05, 0) is 66.5 Å². The van der Waals surface area contributed by atoms with E-state index < -0.39 is 5.97 Å². The molecule has 1 unspecified atom stereocenters. The fraction of sp³-hybridized carbons (Fsp3) is 0.478. The van der Waals surface area contributed by atoms with Crippen LogP contribution in [0.1, 0.15) is 66.6 Å². The van der Waals surface area contributed by atoms with Gasteiger partial charge in [0, 0.05) is 5.56 Å². The van der Waals surface area contributed by atoms with Gasteiger partial charge in [0.25, 0.3) is 0 Å². The number of hydrogen-bond acceptors (Lipinski definition) is 4. The minimum atomic E-state index is -1.02. The van der Waals surface area contributed by atoms with Crippen LogP contribution in [0.5, 0.6) is 11.6 Å². The maximum absolute atomic E-state index is 11.7. The Morgan fingerprint density at radius 3 is 2.68 bits per heavy atom. The second-order valence-electron chi connectivity index (χ2n) is 7.82. The summed E-state index contributed by atoms with van der Waals surface area (Å²) in [6, 6.07) is 5.99. The van der Waals surface area contributed by atoms with E-state index in [9.17, 15) is 9.90 Å². The molecule has 2 aromatic rings. The Morgan fingerprint density at radius 2 is 2.07 bits per heavy atom. The average molecular weight is 383 g/mol. The van der Waals surface area contributed by atoms with Crippen molar-refractivity contribution in [1.82, 2.24) is 4.98 Å². The molecule has 0 radical (unpaired) electrons. The predicted octanol–water partition coefficient (Wildman–Crippen LogP) is 5.24. The van der Waals surface area contributed by atoms with Gasteiger partial charge in [0.1, 0.15) is 11.3 Å². The maximum Gasteiger partial charge on any atom is 0.341 e. The molecular formula is C23H29NO4. The van der Waals surface area contributed by atoms with Gasteiger partial charge in [-0.1, -0.05) is 27.2 Å². The molecule has 0 spiro atoms. The van der Waals surface area contributed by atoms with Crippen LogP contribution in [-0.2, 0) is 6.42 Å². The summed E-state index contributed by atoms with van der Waals surface area (Å²) in [6.07, 6.45) is 2.98. The Hall–Kier alpha value is -2.56. The zero-order valence-corrected chi connectivity index (χ0v) is 17.3. The minimum absolute atomic E-state index is 0.117. The van der Waals surface area contributed by atoms with Gasteiger partial charge in [0.2, 0.25) is 5.88 Å². The number of aromatic carboxylic acids is 1. The van der Waals surface area contributed by atoms with E-state index in [1.54, 1.807) is 6.07 Å². The van der Waals surface area contributed by atoms with Crippen LogP contribution in [0.25, 0.3) is 11.3 Å². The van der Waals surface area contributed by atoms with Crippen LogP contribution in [0.3, 0.4) is 0 Å². The lowest BCUT2D eigenvalue weighted by atomic mass is 9.75. The molecule has 1 atom stereocenters. The highest BCUT2D eigenvalue weighted by Gasteiger charge is 2.31. The molecule has 1 heterocycles. The Balaban J connectivity index is 2.15. The largest absolute Gasteiger partial charge is 0.493 e. The maximum atomic E-state index is 11.7. The second kappa shape index (κ2) is 8.21. The third-order valence-corrected chi connectivity index (χ3v) is 5.50. The number of rotatable bonds is 7. The zero-order chi connectivity index (χ0) is 20.4. The third kappa shape index (κ3) is 3.71. The van der Waals surface area contributed by atoms with E-state index in [1.807, 2.05) is 6.92 Å². The number of aromatic nitrogens is 1. The molecule has 3 rings (SSSR count). The first-order valence-corrected chi connectivity index (χ1v) is 9.96. The Morgan fingerprint density at radius 1 is 1.32 bits per heavy atom. The fourth-order valence-electron chi connectivity index (χ4n) is 3.86. The summed E-state index contributed by atoms with van der Waals surface area (Å²) in [5, 5.41) is 9.57. The lowest BCUT2D eigenvalue weighted by molar-refractivity contribution is 0.0692. The molecule has 0 amide bonds. The summed E-state index contributed by atoms with van der Waals surface area (Å²) in [4.78, 5) is 16.3. The van der Waals surface area contributed by atoms with E-state index in [1.165, 1.54) is 12.7 Å². The van der Waals surface area contributed by atoms with E-state index in [-0.39, 0.29) is 17.4 Å². The van der Waals surface area contributed by atoms with Crippen LogP contribution in [0.15, 0.2) is 18.2 Å². The monoisotopic (exact) mass is 383 g/mol. The molecule has 0 aliphatic heterocycles. The molecule has 5 nitrogen and oxygen atoms in total. The Kier molecular flexibility index (Phi) is 5.92. The number of ether oxygens (including phenoxy) is 2. The molecule has 0 saturated heterocycles. The lowest BCUT2D eigenvalue weighted by Gasteiger charge is -2.31. The molecular weight excluding hydrogens is 354 g/mol. The van der Waals surface area contributed by atoms with E-state index in [0.717, 1.165) is 47.4 Å². The molecule has 150 valence electrons. The number of fused-ring (bicyclic) bond motifs is 3. The van der Waals surface area contributed by atoms with Crippen molar-refractivity contribution in [3.8, 4) is 22.9 Å². The van der Waals surface area contributed by atoms with Crippen molar-refractivity contribution in [3.05, 3.63) is 40.5 Å². The molecule has 28 heavy (non-hydrogen) atoms. The van der Waals surface area contributed by atoms with Crippen molar-refractivity contribution in [2.24, 2.45) is 5.92 Å². The molecule has 1 aliphatic rings. The Labute approximate surface area is 166 Å². The van der Waals surface area contributed by atoms with Crippen LogP contribution < -0.4 is 9.47 Å². The summed E-state index contributed by atoms with van der Waals surface area (Å²) in [7, 11) is 1.46. The van der Waals surface area contributed by atoms with Crippen LogP contribution in [0, 0.1) is 12.8 Å². The van der Waals surface area contributed by atoms with Gasteiger partial charge in [0.15, 0.2) is 0 Å². The van der Waals surface area contributed by atoms with Crippen molar-refractivity contribution in [2.45, 2.75) is 52.9 Å². The zero-order valence-electron chi connectivity index (χ0n) is 17.3. The first-order valence-electron chi connectivity index (χ1n) is 9.96. The first kappa shape index (κ1) is 20.2. The van der Waals surface area contributed by atoms with E-state index in [4.69, 9.17) is 9.47 Å². The number of nitrogens with zero attached hydrogens (tertiary/aromatic N) is 1. The van der Waals surface area contributed by atoms with Gasteiger partial charge in [-0.3, -0.25) is 0 Å². The molecule has 1 aromatic heterocycles. The minimum Gasteiger partial charge on any atom is -0.493 e. The molecule has 1 aliphatic carbocycles. The highest BCUT2D eigenvalue weighted by molar-refractivity contribution is 5.91. The first-order chi connectivity index (χ1) is 13.4. The smallest absolute Gasteiger partial charge is 0.341 e. The summed E-state index contributed by atoms with van der Waals surface area (Å²) >= 11 is 0. The number of pyridine rings is 1. The highest BCUT2D eigenvalue weighted by Crippen LogP contribution is 2.45. The lowest BCUT2D eigenvalue weighted by Crippen LogP contribution is -2.19. The Bertz CT molecular complexity index is 889. The van der Waals surface area contributed by atoms with E-state index in [2.05, 4.69) is 37.9 Å². The highest BCUT2D eigenvalue weighted by atomic mass is 16.5. The summed E-state index contributed by atoms with van der Waals surface area (Å²) in [6.45, 7) is 9.23. The third-order valence-electron chi connectivity index (χ3n) is 5.50. The molecule has 0 fully saturated rings. The van der Waals surface area contributed by atoms with Crippen molar-refractivity contribution >= 4 is 5.97 Å². The number of carboxylic acids is 1. The van der Waals surface area contributed by atoms with Gasteiger partial charge in [0.05, 0.1) is 19.4 Å². The average Bonchev–Trinajstić information content (AvgIpc) is 2.66. The van der Waals surface area contributed by atoms with Crippen molar-refractivity contribution in [2.75, 3.05) is 13.7 Å². The van der Waals surface area contributed by atoms with Crippen LogP contribution in [-0.4, -0.2) is 29.8 Å². The van der Waals surface area contributed by atoms with E-state index >= 15 is 0 Å². The summed E-state index contributed by atoms with van der Waals surface area (Å²) in [5.41, 5.74) is 5.23. The summed E-state index contributed by atoms with van der Waals surface area (Å²) < 4.78 is 11.3. The van der Waals surface area contributed by atoms with Crippen LogP contribution >= 0.6 is 0 Å². The normalized spacial score (nSPS) is 15.1. The predicted molar refractivity (Wildman–Crippen MR) is 110 cm³/mol. The molecule has 0 saturated carbocycles. The standard InChI is InChI=1S/C23H29NO4/c1-6-7-8-28-20-11-15-10-16(13(2)3)18-12-19(23(25)26)22(27-5)24-21(18)17(15)9-14(20)4/h9,11-13,16H,6-8,10H2,1-5H3,(H,25,26). The van der Waals surface area contributed by atoms with Gasteiger partial charge in [-0.15, -0.1) is 0 Å². The van der Waals surface area contributed by atoms with E-state index in [0.29, 0.717) is 12.5 Å². The molecule has 1 aromatic carbocycles. The van der Waals surface area contributed by atoms with Crippen molar-refractivity contribution < 1.29 is 19.4 Å². The molecule has 5 heteroatoms.